The fraction of sp³-hybridized carbons (Fsp3) is 0.438. The topological polar surface area (TPSA) is 53.1 Å². The van der Waals surface area contributed by atoms with Crippen LogP contribution in [0.3, 0.4) is 0 Å². The van der Waals surface area contributed by atoms with Gasteiger partial charge >= 0.3 is 0 Å². The highest BCUT2D eigenvalue weighted by atomic mass is 16.5. The van der Waals surface area contributed by atoms with Gasteiger partial charge in [-0.1, -0.05) is 19.9 Å². The van der Waals surface area contributed by atoms with Gasteiger partial charge in [-0.2, -0.15) is 5.10 Å². The van der Waals surface area contributed by atoms with Gasteiger partial charge in [0.1, 0.15) is 5.75 Å². The Labute approximate surface area is 120 Å². The SMILES string of the molecule is CCc1cc(CC)n(-c2cccc(OC)c2[C@H](C)N)n1. The maximum absolute atomic E-state index is 6.14. The van der Waals surface area contributed by atoms with Crippen molar-refractivity contribution in [2.45, 2.75) is 39.7 Å². The van der Waals surface area contributed by atoms with Gasteiger partial charge in [0.05, 0.1) is 18.5 Å². The van der Waals surface area contributed by atoms with E-state index in [0.717, 1.165) is 35.5 Å². The van der Waals surface area contributed by atoms with Gasteiger partial charge in [0, 0.05) is 17.3 Å². The summed E-state index contributed by atoms with van der Waals surface area (Å²) in [5.74, 6) is 0.813. The van der Waals surface area contributed by atoms with Crippen molar-refractivity contribution < 1.29 is 4.74 Å². The molecular weight excluding hydrogens is 250 g/mol. The summed E-state index contributed by atoms with van der Waals surface area (Å²) in [4.78, 5) is 0. The van der Waals surface area contributed by atoms with Crippen LogP contribution in [0.1, 0.15) is 43.8 Å². The van der Waals surface area contributed by atoms with Crippen molar-refractivity contribution in [3.63, 3.8) is 0 Å². The molecule has 20 heavy (non-hydrogen) atoms. The molecule has 2 rings (SSSR count). The highest BCUT2D eigenvalue weighted by molar-refractivity contribution is 5.52. The van der Waals surface area contributed by atoms with Gasteiger partial charge in [-0.15, -0.1) is 0 Å². The van der Waals surface area contributed by atoms with E-state index in [1.165, 1.54) is 5.69 Å². The fourth-order valence-corrected chi connectivity index (χ4v) is 2.46. The number of ether oxygens (including phenoxy) is 1. The Morgan fingerprint density at radius 3 is 2.60 bits per heavy atom. The van der Waals surface area contributed by atoms with Crippen LogP contribution in [-0.2, 0) is 12.8 Å². The molecule has 0 saturated carbocycles. The predicted molar refractivity (Wildman–Crippen MR) is 81.5 cm³/mol. The summed E-state index contributed by atoms with van der Waals surface area (Å²) in [6.45, 7) is 6.22. The molecule has 0 bridgehead atoms. The Kier molecular flexibility index (Phi) is 4.45. The Morgan fingerprint density at radius 2 is 2.05 bits per heavy atom. The van der Waals surface area contributed by atoms with Crippen molar-refractivity contribution in [1.82, 2.24) is 9.78 Å². The summed E-state index contributed by atoms with van der Waals surface area (Å²) >= 11 is 0. The standard InChI is InChI=1S/C16H23N3O/c1-5-12-10-13(6-2)19(18-12)14-8-7-9-15(20-4)16(14)11(3)17/h7-11H,5-6,17H2,1-4H3/t11-/m0/s1. The van der Waals surface area contributed by atoms with E-state index in [1.54, 1.807) is 7.11 Å². The van der Waals surface area contributed by atoms with E-state index in [-0.39, 0.29) is 6.04 Å². The first-order chi connectivity index (χ1) is 9.62. The van der Waals surface area contributed by atoms with E-state index < -0.39 is 0 Å². The third-order valence-electron chi connectivity index (χ3n) is 3.50. The number of benzene rings is 1. The first-order valence-electron chi connectivity index (χ1n) is 7.13. The molecule has 0 aliphatic heterocycles. The molecule has 0 aliphatic carbocycles. The summed E-state index contributed by atoms with van der Waals surface area (Å²) in [5.41, 5.74) is 10.4. The summed E-state index contributed by atoms with van der Waals surface area (Å²) in [7, 11) is 1.67. The van der Waals surface area contributed by atoms with Gasteiger partial charge in [-0.25, -0.2) is 4.68 Å². The molecule has 2 aromatic rings. The molecule has 0 radical (unpaired) electrons. The van der Waals surface area contributed by atoms with Crippen LogP contribution in [0.25, 0.3) is 5.69 Å². The lowest BCUT2D eigenvalue weighted by atomic mass is 10.1. The van der Waals surface area contributed by atoms with Crippen molar-refractivity contribution in [2.24, 2.45) is 5.73 Å². The van der Waals surface area contributed by atoms with Crippen LogP contribution in [0, 0.1) is 0 Å². The summed E-state index contributed by atoms with van der Waals surface area (Å²) in [5, 5.41) is 4.69. The van der Waals surface area contributed by atoms with Gasteiger partial charge in [0.2, 0.25) is 0 Å². The fourth-order valence-electron chi connectivity index (χ4n) is 2.46. The molecule has 4 nitrogen and oxygen atoms in total. The maximum Gasteiger partial charge on any atom is 0.125 e. The smallest absolute Gasteiger partial charge is 0.125 e. The monoisotopic (exact) mass is 273 g/mol. The van der Waals surface area contributed by atoms with E-state index in [1.807, 2.05) is 29.8 Å². The summed E-state index contributed by atoms with van der Waals surface area (Å²) in [6.07, 6.45) is 1.86. The third kappa shape index (κ3) is 2.56. The predicted octanol–water partition coefficient (Wildman–Crippen LogP) is 3.03. The van der Waals surface area contributed by atoms with Gasteiger partial charge in [0.15, 0.2) is 0 Å². The average molecular weight is 273 g/mol. The molecule has 108 valence electrons. The second-order valence-electron chi connectivity index (χ2n) is 4.93. The highest BCUT2D eigenvalue weighted by Gasteiger charge is 2.17. The van der Waals surface area contributed by atoms with Crippen molar-refractivity contribution in [3.05, 3.63) is 41.2 Å². The van der Waals surface area contributed by atoms with E-state index in [0.29, 0.717) is 0 Å². The molecule has 2 N–H and O–H groups in total. The Balaban J connectivity index is 2.65. The number of methoxy groups -OCH3 is 1. The van der Waals surface area contributed by atoms with Crippen LogP contribution >= 0.6 is 0 Å². The second-order valence-corrected chi connectivity index (χ2v) is 4.93. The molecule has 1 heterocycles. The van der Waals surface area contributed by atoms with Crippen LogP contribution in [0.5, 0.6) is 5.75 Å². The summed E-state index contributed by atoms with van der Waals surface area (Å²) < 4.78 is 7.45. The number of hydrogen-bond donors (Lipinski definition) is 1. The van der Waals surface area contributed by atoms with E-state index in [2.05, 4.69) is 19.9 Å². The number of aromatic nitrogens is 2. The Hall–Kier alpha value is -1.81. The molecule has 0 unspecified atom stereocenters. The van der Waals surface area contributed by atoms with Crippen molar-refractivity contribution in [1.29, 1.82) is 0 Å². The largest absolute Gasteiger partial charge is 0.496 e. The Morgan fingerprint density at radius 1 is 1.30 bits per heavy atom. The van der Waals surface area contributed by atoms with Crippen LogP contribution in [0.15, 0.2) is 24.3 Å². The van der Waals surface area contributed by atoms with Crippen molar-refractivity contribution >= 4 is 0 Å². The van der Waals surface area contributed by atoms with Gasteiger partial charge in [-0.05, 0) is 38.0 Å². The number of nitrogens with two attached hydrogens (primary N) is 1. The molecule has 0 amide bonds. The van der Waals surface area contributed by atoms with Crippen LogP contribution in [-0.4, -0.2) is 16.9 Å². The lowest BCUT2D eigenvalue weighted by Gasteiger charge is -2.18. The first kappa shape index (κ1) is 14.6. The number of nitrogens with zero attached hydrogens (tertiary/aromatic N) is 2. The van der Waals surface area contributed by atoms with E-state index in [4.69, 9.17) is 15.6 Å². The Bertz CT molecular complexity index is 587. The van der Waals surface area contributed by atoms with Gasteiger partial charge < -0.3 is 10.5 Å². The maximum atomic E-state index is 6.14. The molecule has 0 fully saturated rings. The quantitative estimate of drug-likeness (QED) is 0.911. The number of aryl methyl sites for hydroxylation is 2. The molecule has 1 atom stereocenters. The van der Waals surface area contributed by atoms with Crippen molar-refractivity contribution in [3.8, 4) is 11.4 Å². The lowest BCUT2D eigenvalue weighted by molar-refractivity contribution is 0.406. The van der Waals surface area contributed by atoms with Crippen LogP contribution < -0.4 is 10.5 Å². The molecule has 0 aliphatic rings. The zero-order valence-electron chi connectivity index (χ0n) is 12.7. The minimum atomic E-state index is -0.111. The molecule has 1 aromatic carbocycles. The zero-order valence-corrected chi connectivity index (χ0v) is 12.7. The number of hydrogen-bond acceptors (Lipinski definition) is 3. The number of rotatable bonds is 5. The summed E-state index contributed by atoms with van der Waals surface area (Å²) in [6, 6.07) is 8.02. The molecular formula is C16H23N3O. The normalized spacial score (nSPS) is 12.4. The molecule has 0 saturated heterocycles. The lowest BCUT2D eigenvalue weighted by Crippen LogP contribution is -2.13. The minimum Gasteiger partial charge on any atom is -0.496 e. The third-order valence-corrected chi connectivity index (χ3v) is 3.50. The van der Waals surface area contributed by atoms with Crippen molar-refractivity contribution in [2.75, 3.05) is 7.11 Å². The minimum absolute atomic E-state index is 0.111. The second kappa shape index (κ2) is 6.09. The van der Waals surface area contributed by atoms with E-state index in [9.17, 15) is 0 Å². The van der Waals surface area contributed by atoms with Crippen LogP contribution in [0.4, 0.5) is 0 Å². The molecule has 4 heteroatoms. The molecule has 0 spiro atoms. The van der Waals surface area contributed by atoms with Crippen LogP contribution in [0.2, 0.25) is 0 Å². The van der Waals surface area contributed by atoms with Gasteiger partial charge in [0.25, 0.3) is 0 Å². The average Bonchev–Trinajstić information content (AvgIpc) is 2.89. The molecule has 1 aromatic heterocycles. The highest BCUT2D eigenvalue weighted by Crippen LogP contribution is 2.30. The van der Waals surface area contributed by atoms with E-state index >= 15 is 0 Å². The zero-order chi connectivity index (χ0) is 14.7. The van der Waals surface area contributed by atoms with Gasteiger partial charge in [-0.3, -0.25) is 0 Å². The first-order valence-corrected chi connectivity index (χ1v) is 7.13.